The molecule has 1 aromatic rings. The van der Waals surface area contributed by atoms with E-state index in [1.165, 1.54) is 11.3 Å². The molecule has 94 valence electrons. The number of aromatic nitrogens is 2. The van der Waals surface area contributed by atoms with Crippen LogP contribution >= 0.6 is 11.3 Å². The number of rotatable bonds is 3. The van der Waals surface area contributed by atoms with E-state index in [0.717, 1.165) is 30.8 Å². The minimum atomic E-state index is 0.231. The van der Waals surface area contributed by atoms with Gasteiger partial charge in [-0.05, 0) is 18.8 Å². The number of hydrogen-bond donors (Lipinski definition) is 1. The molecular weight excluding hydrogens is 236 g/mol. The molecule has 2 heterocycles. The van der Waals surface area contributed by atoms with E-state index in [2.05, 4.69) is 17.1 Å². The Morgan fingerprint density at radius 1 is 1.47 bits per heavy atom. The number of carbonyl (C=O) groups excluding carboxylic acids is 1. The van der Waals surface area contributed by atoms with Crippen LogP contribution in [0.4, 0.5) is 5.13 Å². The Bertz CT molecular complexity index is 393. The zero-order chi connectivity index (χ0) is 12.3. The van der Waals surface area contributed by atoms with Gasteiger partial charge in [-0.3, -0.25) is 4.79 Å². The summed E-state index contributed by atoms with van der Waals surface area (Å²) >= 11 is 1.36. The summed E-state index contributed by atoms with van der Waals surface area (Å²) in [7, 11) is 0. The fourth-order valence-corrected chi connectivity index (χ4v) is 2.79. The normalized spacial score (nSPS) is 21.6. The minimum absolute atomic E-state index is 0.231. The summed E-state index contributed by atoms with van der Waals surface area (Å²) < 4.78 is 0. The maximum Gasteiger partial charge on any atom is 0.222 e. The van der Waals surface area contributed by atoms with Crippen molar-refractivity contribution in [3.63, 3.8) is 0 Å². The van der Waals surface area contributed by atoms with Crippen LogP contribution in [0.25, 0.3) is 0 Å². The first-order chi connectivity index (χ1) is 8.19. The second-order valence-corrected chi connectivity index (χ2v) is 5.54. The molecule has 17 heavy (non-hydrogen) atoms. The summed E-state index contributed by atoms with van der Waals surface area (Å²) in [6.45, 7) is 3.58. The quantitative estimate of drug-likeness (QED) is 0.890. The minimum Gasteiger partial charge on any atom is -0.374 e. The first kappa shape index (κ1) is 12.3. The molecule has 1 aliphatic rings. The molecule has 6 heteroatoms. The molecule has 0 aromatic carbocycles. The lowest BCUT2D eigenvalue weighted by atomic mass is 9.98. The van der Waals surface area contributed by atoms with Crippen molar-refractivity contribution in [2.24, 2.45) is 5.92 Å². The molecule has 1 unspecified atom stereocenters. The number of anilines is 1. The van der Waals surface area contributed by atoms with Gasteiger partial charge in [-0.1, -0.05) is 24.7 Å². The van der Waals surface area contributed by atoms with Crippen LogP contribution in [0.3, 0.4) is 0 Å². The van der Waals surface area contributed by atoms with E-state index >= 15 is 0 Å². The lowest BCUT2D eigenvalue weighted by Gasteiger charge is -2.18. The maximum atomic E-state index is 11.9. The number of nitrogens with two attached hydrogens (primary N) is 1. The van der Waals surface area contributed by atoms with Crippen molar-refractivity contribution in [1.82, 2.24) is 15.1 Å². The molecule has 5 nitrogen and oxygen atoms in total. The van der Waals surface area contributed by atoms with Crippen molar-refractivity contribution in [2.45, 2.75) is 39.2 Å². The third-order valence-electron chi connectivity index (χ3n) is 3.31. The van der Waals surface area contributed by atoms with E-state index in [4.69, 9.17) is 5.73 Å². The summed E-state index contributed by atoms with van der Waals surface area (Å²) in [5.41, 5.74) is 5.53. The van der Waals surface area contributed by atoms with E-state index in [1.807, 2.05) is 4.90 Å². The van der Waals surface area contributed by atoms with Gasteiger partial charge in [-0.2, -0.15) is 0 Å². The molecule has 1 amide bonds. The number of likely N-dealkylation sites (tertiary alicyclic amines) is 1. The lowest BCUT2D eigenvalue weighted by Crippen LogP contribution is -2.29. The maximum absolute atomic E-state index is 11.9. The monoisotopic (exact) mass is 254 g/mol. The Morgan fingerprint density at radius 3 is 2.94 bits per heavy atom. The highest BCUT2D eigenvalue weighted by atomic mass is 32.1. The SMILES string of the molecule is CCC1CCC(=O)N(Cc2nnc(N)s2)CC1. The summed E-state index contributed by atoms with van der Waals surface area (Å²) in [6.07, 6.45) is 3.93. The number of nitrogens with zero attached hydrogens (tertiary/aromatic N) is 3. The Kier molecular flexibility index (Phi) is 3.93. The zero-order valence-corrected chi connectivity index (χ0v) is 10.9. The van der Waals surface area contributed by atoms with Gasteiger partial charge in [0.2, 0.25) is 11.0 Å². The van der Waals surface area contributed by atoms with Crippen LogP contribution in [0, 0.1) is 5.92 Å². The van der Waals surface area contributed by atoms with Gasteiger partial charge in [-0.25, -0.2) is 0 Å². The molecule has 1 atom stereocenters. The molecule has 1 fully saturated rings. The summed E-state index contributed by atoms with van der Waals surface area (Å²) in [5.74, 6) is 0.915. The third kappa shape index (κ3) is 3.15. The van der Waals surface area contributed by atoms with Crippen LogP contribution in [0.15, 0.2) is 0 Å². The van der Waals surface area contributed by atoms with Gasteiger partial charge >= 0.3 is 0 Å². The summed E-state index contributed by atoms with van der Waals surface area (Å²) in [6, 6.07) is 0. The molecule has 1 aromatic heterocycles. The highest BCUT2D eigenvalue weighted by molar-refractivity contribution is 7.15. The van der Waals surface area contributed by atoms with Crippen LogP contribution in [0.1, 0.15) is 37.6 Å². The number of nitrogen functional groups attached to an aromatic ring is 1. The first-order valence-electron chi connectivity index (χ1n) is 6.04. The smallest absolute Gasteiger partial charge is 0.222 e. The molecule has 1 aliphatic heterocycles. The van der Waals surface area contributed by atoms with Crippen LogP contribution in [0.2, 0.25) is 0 Å². The van der Waals surface area contributed by atoms with Gasteiger partial charge in [0.1, 0.15) is 5.01 Å². The van der Waals surface area contributed by atoms with E-state index in [9.17, 15) is 4.79 Å². The van der Waals surface area contributed by atoms with Crippen molar-refractivity contribution < 1.29 is 4.79 Å². The van der Waals surface area contributed by atoms with Crippen LogP contribution in [-0.4, -0.2) is 27.5 Å². The Balaban J connectivity index is 1.97. The number of amides is 1. The van der Waals surface area contributed by atoms with Gasteiger partial charge in [0, 0.05) is 13.0 Å². The molecule has 0 spiro atoms. The van der Waals surface area contributed by atoms with E-state index in [-0.39, 0.29) is 5.91 Å². The van der Waals surface area contributed by atoms with Crippen molar-refractivity contribution in [2.75, 3.05) is 12.3 Å². The Morgan fingerprint density at radius 2 is 2.29 bits per heavy atom. The number of carbonyl (C=O) groups is 1. The van der Waals surface area contributed by atoms with Gasteiger partial charge in [0.05, 0.1) is 6.54 Å². The highest BCUT2D eigenvalue weighted by Gasteiger charge is 2.22. The molecular formula is C11H18N4OS. The summed E-state index contributed by atoms with van der Waals surface area (Å²) in [5, 5.41) is 9.02. The topological polar surface area (TPSA) is 72.1 Å². The third-order valence-corrected chi connectivity index (χ3v) is 4.05. The van der Waals surface area contributed by atoms with E-state index < -0.39 is 0 Å². The van der Waals surface area contributed by atoms with Crippen LogP contribution < -0.4 is 5.73 Å². The Labute approximate surface area is 105 Å². The standard InChI is InChI=1S/C11H18N4OS/c1-2-8-3-4-10(16)15(6-5-8)7-9-13-14-11(12)17-9/h8H,2-7H2,1H3,(H2,12,14). The fourth-order valence-electron chi connectivity index (χ4n) is 2.16. The largest absolute Gasteiger partial charge is 0.374 e. The van der Waals surface area contributed by atoms with Crippen molar-refractivity contribution in [3.05, 3.63) is 5.01 Å². The van der Waals surface area contributed by atoms with Gasteiger partial charge in [-0.15, -0.1) is 10.2 Å². The van der Waals surface area contributed by atoms with Gasteiger partial charge in [0.15, 0.2) is 0 Å². The fraction of sp³-hybridized carbons (Fsp3) is 0.727. The van der Waals surface area contributed by atoms with Crippen LogP contribution in [0.5, 0.6) is 0 Å². The molecule has 1 saturated heterocycles. The second-order valence-electron chi connectivity index (χ2n) is 4.45. The van der Waals surface area contributed by atoms with Crippen molar-refractivity contribution in [3.8, 4) is 0 Å². The summed E-state index contributed by atoms with van der Waals surface area (Å²) in [4.78, 5) is 13.8. The van der Waals surface area contributed by atoms with Crippen molar-refractivity contribution >= 4 is 22.4 Å². The zero-order valence-electron chi connectivity index (χ0n) is 10.1. The van der Waals surface area contributed by atoms with E-state index in [1.54, 1.807) is 0 Å². The second kappa shape index (κ2) is 5.44. The van der Waals surface area contributed by atoms with E-state index in [0.29, 0.717) is 24.0 Å². The van der Waals surface area contributed by atoms with Crippen LogP contribution in [-0.2, 0) is 11.3 Å². The predicted molar refractivity (Wildman–Crippen MR) is 67.4 cm³/mol. The van der Waals surface area contributed by atoms with Gasteiger partial charge in [0.25, 0.3) is 0 Å². The molecule has 0 bridgehead atoms. The molecule has 0 saturated carbocycles. The molecule has 2 rings (SSSR count). The van der Waals surface area contributed by atoms with Gasteiger partial charge < -0.3 is 10.6 Å². The first-order valence-corrected chi connectivity index (χ1v) is 6.86. The van der Waals surface area contributed by atoms with Crippen molar-refractivity contribution in [1.29, 1.82) is 0 Å². The average Bonchev–Trinajstić information content (AvgIpc) is 2.64. The molecule has 0 radical (unpaired) electrons. The molecule has 0 aliphatic carbocycles. The number of hydrogen-bond acceptors (Lipinski definition) is 5. The lowest BCUT2D eigenvalue weighted by molar-refractivity contribution is -0.131. The molecule has 2 N–H and O–H groups in total. The Hall–Kier alpha value is -1.17. The predicted octanol–water partition coefficient (Wildman–Crippen LogP) is 1.66. The highest BCUT2D eigenvalue weighted by Crippen LogP contribution is 2.23. The average molecular weight is 254 g/mol.